The summed E-state index contributed by atoms with van der Waals surface area (Å²) in [7, 11) is 0. The van der Waals surface area contributed by atoms with Crippen LogP contribution >= 0.6 is 0 Å². The van der Waals surface area contributed by atoms with Crippen LogP contribution in [0.2, 0.25) is 0 Å². The quantitative estimate of drug-likeness (QED) is 0.728. The van der Waals surface area contributed by atoms with Crippen LogP contribution in [0.4, 0.5) is 5.88 Å². The molecule has 0 radical (unpaired) electrons. The molecule has 0 aliphatic rings. The standard InChI is InChI=1S/C20H17N3O/c1-15(17-10-6-3-7-11-17)22-20-18(14-21)23-19(24-20)13-12-16-8-4-2-5-9-16/h2-13,15,22H,1H3. The van der Waals surface area contributed by atoms with Gasteiger partial charge in [-0.05, 0) is 24.1 Å². The van der Waals surface area contributed by atoms with Crippen LogP contribution in [-0.4, -0.2) is 4.98 Å². The van der Waals surface area contributed by atoms with Crippen molar-refractivity contribution in [3.63, 3.8) is 0 Å². The first kappa shape index (κ1) is 15.6. The average Bonchev–Trinajstić information content (AvgIpc) is 3.03. The molecule has 4 heteroatoms. The highest BCUT2D eigenvalue weighted by molar-refractivity contribution is 5.67. The molecule has 0 aliphatic carbocycles. The average molecular weight is 315 g/mol. The zero-order valence-corrected chi connectivity index (χ0v) is 13.3. The van der Waals surface area contributed by atoms with Gasteiger partial charge in [-0.25, -0.2) is 0 Å². The van der Waals surface area contributed by atoms with Crippen molar-refractivity contribution in [3.8, 4) is 6.07 Å². The van der Waals surface area contributed by atoms with Gasteiger partial charge in [-0.1, -0.05) is 60.7 Å². The van der Waals surface area contributed by atoms with Crippen molar-refractivity contribution in [2.75, 3.05) is 5.32 Å². The molecule has 1 unspecified atom stereocenters. The first-order valence-corrected chi connectivity index (χ1v) is 7.72. The van der Waals surface area contributed by atoms with E-state index in [9.17, 15) is 5.26 Å². The fraction of sp³-hybridized carbons (Fsp3) is 0.100. The van der Waals surface area contributed by atoms with Crippen LogP contribution in [0.15, 0.2) is 65.1 Å². The molecule has 0 spiro atoms. The second-order valence-electron chi connectivity index (χ2n) is 5.36. The maximum Gasteiger partial charge on any atom is 0.233 e. The van der Waals surface area contributed by atoms with Gasteiger partial charge in [0, 0.05) is 6.08 Å². The number of nitrogens with zero attached hydrogens (tertiary/aromatic N) is 2. The van der Waals surface area contributed by atoms with Gasteiger partial charge in [0.1, 0.15) is 6.07 Å². The molecule has 0 fully saturated rings. The highest BCUT2D eigenvalue weighted by Gasteiger charge is 2.14. The lowest BCUT2D eigenvalue weighted by Gasteiger charge is -2.12. The van der Waals surface area contributed by atoms with E-state index in [0.29, 0.717) is 11.8 Å². The SMILES string of the molecule is CC(Nc1oc(C=Cc2ccccc2)nc1C#N)c1ccccc1. The normalized spacial score (nSPS) is 12.0. The van der Waals surface area contributed by atoms with Gasteiger partial charge in [0.25, 0.3) is 0 Å². The van der Waals surface area contributed by atoms with Crippen LogP contribution in [0.25, 0.3) is 12.2 Å². The molecule has 4 nitrogen and oxygen atoms in total. The summed E-state index contributed by atoms with van der Waals surface area (Å²) in [5.74, 6) is 0.791. The Kier molecular flexibility index (Phi) is 4.73. The van der Waals surface area contributed by atoms with E-state index in [1.165, 1.54) is 0 Å². The third-order valence-electron chi connectivity index (χ3n) is 3.61. The van der Waals surface area contributed by atoms with Gasteiger partial charge in [0.15, 0.2) is 0 Å². The van der Waals surface area contributed by atoms with Gasteiger partial charge in [-0.15, -0.1) is 0 Å². The lowest BCUT2D eigenvalue weighted by molar-refractivity contribution is 0.552. The number of oxazole rings is 1. The monoisotopic (exact) mass is 315 g/mol. The Bertz CT molecular complexity index is 861. The number of nitrogens with one attached hydrogen (secondary N) is 1. The molecule has 0 bridgehead atoms. The van der Waals surface area contributed by atoms with E-state index in [0.717, 1.165) is 11.1 Å². The maximum atomic E-state index is 9.26. The fourth-order valence-corrected chi connectivity index (χ4v) is 2.33. The summed E-state index contributed by atoms with van der Waals surface area (Å²) in [5.41, 5.74) is 2.41. The minimum atomic E-state index is 0.0113. The van der Waals surface area contributed by atoms with Crippen molar-refractivity contribution in [3.05, 3.63) is 83.4 Å². The molecule has 1 N–H and O–H groups in total. The highest BCUT2D eigenvalue weighted by atomic mass is 16.4. The number of aromatic nitrogens is 1. The Morgan fingerprint density at radius 2 is 1.71 bits per heavy atom. The highest BCUT2D eigenvalue weighted by Crippen LogP contribution is 2.24. The Morgan fingerprint density at radius 3 is 2.38 bits per heavy atom. The van der Waals surface area contributed by atoms with Gasteiger partial charge in [-0.2, -0.15) is 10.2 Å². The van der Waals surface area contributed by atoms with Crippen molar-refractivity contribution in [1.29, 1.82) is 5.26 Å². The Hall–Kier alpha value is -3.32. The topological polar surface area (TPSA) is 61.9 Å². The summed E-state index contributed by atoms with van der Waals surface area (Å²) < 4.78 is 5.69. The molecular formula is C20H17N3O. The van der Waals surface area contributed by atoms with E-state index in [2.05, 4.69) is 16.4 Å². The molecule has 0 saturated carbocycles. The van der Waals surface area contributed by atoms with Crippen LogP contribution in [0.3, 0.4) is 0 Å². The van der Waals surface area contributed by atoms with Gasteiger partial charge in [0.05, 0.1) is 6.04 Å². The minimum absolute atomic E-state index is 0.0113. The predicted octanol–water partition coefficient (Wildman–Crippen LogP) is 4.89. The predicted molar refractivity (Wildman–Crippen MR) is 95.1 cm³/mol. The molecule has 0 saturated heterocycles. The number of nitriles is 1. The van der Waals surface area contributed by atoms with Gasteiger partial charge in [0.2, 0.25) is 17.5 Å². The summed E-state index contributed by atoms with van der Waals surface area (Å²) in [5, 5.41) is 12.5. The summed E-state index contributed by atoms with van der Waals surface area (Å²) >= 11 is 0. The van der Waals surface area contributed by atoms with Gasteiger partial charge < -0.3 is 9.73 Å². The molecule has 2 aromatic carbocycles. The summed E-state index contributed by atoms with van der Waals surface area (Å²) in [6.07, 6.45) is 3.66. The molecule has 0 amide bonds. The minimum Gasteiger partial charge on any atom is -0.420 e. The Labute approximate surface area is 141 Å². The van der Waals surface area contributed by atoms with Crippen molar-refractivity contribution in [2.45, 2.75) is 13.0 Å². The zero-order chi connectivity index (χ0) is 16.8. The van der Waals surface area contributed by atoms with Gasteiger partial charge in [-0.3, -0.25) is 0 Å². The van der Waals surface area contributed by atoms with Crippen molar-refractivity contribution in [1.82, 2.24) is 4.98 Å². The smallest absolute Gasteiger partial charge is 0.233 e. The van der Waals surface area contributed by atoms with E-state index >= 15 is 0 Å². The molecule has 3 rings (SSSR count). The number of rotatable bonds is 5. The van der Waals surface area contributed by atoms with Crippen molar-refractivity contribution >= 4 is 18.0 Å². The lowest BCUT2D eigenvalue weighted by Crippen LogP contribution is -2.06. The first-order valence-electron chi connectivity index (χ1n) is 7.72. The summed E-state index contributed by atoms with van der Waals surface area (Å²) in [6, 6.07) is 21.9. The maximum absolute atomic E-state index is 9.26. The second kappa shape index (κ2) is 7.30. The Morgan fingerprint density at radius 1 is 1.04 bits per heavy atom. The lowest BCUT2D eigenvalue weighted by atomic mass is 10.1. The number of anilines is 1. The summed E-state index contributed by atoms with van der Waals surface area (Å²) in [4.78, 5) is 4.21. The second-order valence-corrected chi connectivity index (χ2v) is 5.36. The van der Waals surface area contributed by atoms with Crippen molar-refractivity contribution < 1.29 is 4.42 Å². The number of hydrogen-bond acceptors (Lipinski definition) is 4. The van der Waals surface area contributed by atoms with Crippen LogP contribution < -0.4 is 5.32 Å². The van der Waals surface area contributed by atoms with E-state index in [4.69, 9.17) is 4.42 Å². The molecule has 1 aromatic heterocycles. The number of hydrogen-bond donors (Lipinski definition) is 1. The Balaban J connectivity index is 1.78. The molecule has 118 valence electrons. The largest absolute Gasteiger partial charge is 0.420 e. The van der Waals surface area contributed by atoms with Crippen LogP contribution in [-0.2, 0) is 0 Å². The van der Waals surface area contributed by atoms with Crippen LogP contribution in [0.1, 0.15) is 35.7 Å². The molecular weight excluding hydrogens is 298 g/mol. The van der Waals surface area contributed by atoms with Crippen LogP contribution in [0, 0.1) is 11.3 Å². The fourth-order valence-electron chi connectivity index (χ4n) is 2.33. The van der Waals surface area contributed by atoms with Crippen molar-refractivity contribution in [2.24, 2.45) is 0 Å². The van der Waals surface area contributed by atoms with Gasteiger partial charge >= 0.3 is 0 Å². The van der Waals surface area contributed by atoms with E-state index < -0.39 is 0 Å². The third kappa shape index (κ3) is 3.71. The summed E-state index contributed by atoms with van der Waals surface area (Å²) in [6.45, 7) is 2.01. The molecule has 1 atom stereocenters. The third-order valence-corrected chi connectivity index (χ3v) is 3.61. The molecule has 0 aliphatic heterocycles. The van der Waals surface area contributed by atoms with Crippen LogP contribution in [0.5, 0.6) is 0 Å². The van der Waals surface area contributed by atoms with E-state index in [1.807, 2.05) is 73.7 Å². The molecule has 3 aromatic rings. The van der Waals surface area contributed by atoms with E-state index in [1.54, 1.807) is 6.08 Å². The molecule has 1 heterocycles. The first-order chi connectivity index (χ1) is 11.8. The van der Waals surface area contributed by atoms with E-state index in [-0.39, 0.29) is 11.7 Å². The molecule has 24 heavy (non-hydrogen) atoms. The number of benzene rings is 2. The zero-order valence-electron chi connectivity index (χ0n) is 13.3.